The van der Waals surface area contributed by atoms with Gasteiger partial charge in [0.25, 0.3) is 5.91 Å². The van der Waals surface area contributed by atoms with Crippen molar-refractivity contribution in [1.29, 1.82) is 0 Å². The van der Waals surface area contributed by atoms with E-state index in [-0.39, 0.29) is 11.6 Å². The van der Waals surface area contributed by atoms with Gasteiger partial charge in [-0.05, 0) is 63.3 Å². The van der Waals surface area contributed by atoms with Crippen molar-refractivity contribution in [1.82, 2.24) is 9.97 Å². The molecule has 1 heterocycles. The predicted octanol–water partition coefficient (Wildman–Crippen LogP) is 4.13. The lowest BCUT2D eigenvalue weighted by atomic mass is 9.97. The van der Waals surface area contributed by atoms with Crippen molar-refractivity contribution in [3.05, 3.63) is 59.1 Å². The molecule has 0 aliphatic heterocycles. The first-order valence-corrected chi connectivity index (χ1v) is 9.82. The Bertz CT molecular complexity index is 907. The van der Waals surface area contributed by atoms with Gasteiger partial charge in [0.1, 0.15) is 17.3 Å². The van der Waals surface area contributed by atoms with Gasteiger partial charge in [-0.2, -0.15) is 0 Å². The second-order valence-corrected chi connectivity index (χ2v) is 6.99. The molecule has 0 atom stereocenters. The number of anilines is 2. The van der Waals surface area contributed by atoms with E-state index in [4.69, 9.17) is 0 Å². The Kier molecular flexibility index (Phi) is 6.94. The molecule has 29 heavy (non-hydrogen) atoms. The van der Waals surface area contributed by atoms with Crippen molar-refractivity contribution in [2.24, 2.45) is 0 Å². The number of rotatable bonds is 7. The minimum absolute atomic E-state index is 0.286. The first-order valence-electron chi connectivity index (χ1n) is 9.82. The van der Waals surface area contributed by atoms with Gasteiger partial charge in [-0.3, -0.25) is 4.79 Å². The summed E-state index contributed by atoms with van der Waals surface area (Å²) >= 11 is 0. The molecule has 152 valence electrons. The maximum atomic E-state index is 12.6. The summed E-state index contributed by atoms with van der Waals surface area (Å²) in [5, 5.41) is 6.08. The summed E-state index contributed by atoms with van der Waals surface area (Å²) < 4.78 is 4.67. The Morgan fingerprint density at radius 2 is 1.93 bits per heavy atom. The molecule has 0 saturated carbocycles. The van der Waals surface area contributed by atoms with Crippen LogP contribution in [0.25, 0.3) is 0 Å². The van der Waals surface area contributed by atoms with Gasteiger partial charge in [0.15, 0.2) is 0 Å². The number of allylic oxidation sites excluding steroid dienone is 1. The van der Waals surface area contributed by atoms with E-state index in [1.165, 1.54) is 38.4 Å². The molecule has 2 aromatic rings. The lowest BCUT2D eigenvalue weighted by molar-refractivity contribution is 0.0600. The molecular weight excluding hydrogens is 368 g/mol. The molecule has 0 spiro atoms. The van der Waals surface area contributed by atoms with Crippen LogP contribution >= 0.6 is 0 Å². The Balaban J connectivity index is 1.61. The molecule has 1 aromatic carbocycles. The largest absolute Gasteiger partial charge is 0.465 e. The number of esters is 1. The highest BCUT2D eigenvalue weighted by Gasteiger charge is 2.12. The van der Waals surface area contributed by atoms with E-state index < -0.39 is 5.97 Å². The van der Waals surface area contributed by atoms with Gasteiger partial charge in [-0.25, -0.2) is 14.8 Å². The van der Waals surface area contributed by atoms with Crippen LogP contribution in [0.3, 0.4) is 0 Å². The van der Waals surface area contributed by atoms with Gasteiger partial charge in [0.2, 0.25) is 0 Å². The van der Waals surface area contributed by atoms with Crippen LogP contribution in [-0.2, 0) is 4.74 Å². The average Bonchev–Trinajstić information content (AvgIpc) is 2.74. The molecule has 1 aliphatic rings. The van der Waals surface area contributed by atoms with Crippen LogP contribution in [-0.4, -0.2) is 35.5 Å². The monoisotopic (exact) mass is 394 g/mol. The molecule has 0 saturated heterocycles. The van der Waals surface area contributed by atoms with Crippen LogP contribution in [0.1, 0.15) is 58.8 Å². The summed E-state index contributed by atoms with van der Waals surface area (Å²) in [6.45, 7) is 2.54. The van der Waals surface area contributed by atoms with Crippen molar-refractivity contribution in [3.63, 3.8) is 0 Å². The molecule has 0 unspecified atom stereocenters. The van der Waals surface area contributed by atoms with Crippen LogP contribution in [0.5, 0.6) is 0 Å². The number of nitrogens with zero attached hydrogens (tertiary/aromatic N) is 2. The second-order valence-electron chi connectivity index (χ2n) is 6.99. The van der Waals surface area contributed by atoms with Crippen molar-refractivity contribution < 1.29 is 14.3 Å². The highest BCUT2D eigenvalue weighted by Crippen LogP contribution is 2.20. The van der Waals surface area contributed by atoms with Gasteiger partial charge >= 0.3 is 5.97 Å². The van der Waals surface area contributed by atoms with E-state index in [2.05, 4.69) is 31.4 Å². The summed E-state index contributed by atoms with van der Waals surface area (Å²) in [5.74, 6) is 0.409. The van der Waals surface area contributed by atoms with Crippen LogP contribution in [0.15, 0.2) is 42.0 Å². The molecule has 2 N–H and O–H groups in total. The molecule has 1 aliphatic carbocycles. The molecule has 0 radical (unpaired) electrons. The van der Waals surface area contributed by atoms with Crippen LogP contribution in [0.2, 0.25) is 0 Å². The molecule has 3 rings (SSSR count). The molecule has 1 aromatic heterocycles. The fourth-order valence-electron chi connectivity index (χ4n) is 3.26. The smallest absolute Gasteiger partial charge is 0.337 e. The highest BCUT2D eigenvalue weighted by atomic mass is 16.5. The zero-order valence-corrected chi connectivity index (χ0v) is 16.8. The minimum atomic E-state index is -0.422. The number of aryl methyl sites for hydroxylation is 1. The standard InChI is InChI=1S/C22H26N4O3/c1-15-24-19(14-20(25-15)23-13-12-16-6-4-3-5-7-16)21(27)26-18-10-8-17(9-11-18)22(28)29-2/h6,8-11,14H,3-5,7,12-13H2,1-2H3,(H,26,27)(H,23,24,25). The van der Waals surface area contributed by atoms with Crippen molar-refractivity contribution in [3.8, 4) is 0 Å². The quantitative estimate of drug-likeness (QED) is 0.542. The van der Waals surface area contributed by atoms with E-state index >= 15 is 0 Å². The fourth-order valence-corrected chi connectivity index (χ4v) is 3.26. The Labute approximate surface area is 170 Å². The molecule has 0 bridgehead atoms. The SMILES string of the molecule is COC(=O)c1ccc(NC(=O)c2cc(NCCC3=CCCCC3)nc(C)n2)cc1. The van der Waals surface area contributed by atoms with E-state index in [9.17, 15) is 9.59 Å². The Morgan fingerprint density at radius 1 is 1.14 bits per heavy atom. The number of carbonyl (C=O) groups excluding carboxylic acids is 2. The summed E-state index contributed by atoms with van der Waals surface area (Å²) in [6, 6.07) is 8.14. The van der Waals surface area contributed by atoms with Crippen LogP contribution in [0.4, 0.5) is 11.5 Å². The first-order chi connectivity index (χ1) is 14.0. The lowest BCUT2D eigenvalue weighted by Crippen LogP contribution is -2.16. The number of hydrogen-bond acceptors (Lipinski definition) is 6. The second kappa shape index (κ2) is 9.82. The van der Waals surface area contributed by atoms with Crippen molar-refractivity contribution >= 4 is 23.4 Å². The summed E-state index contributed by atoms with van der Waals surface area (Å²) in [7, 11) is 1.33. The van der Waals surface area contributed by atoms with Gasteiger partial charge in [-0.15, -0.1) is 0 Å². The average molecular weight is 394 g/mol. The zero-order chi connectivity index (χ0) is 20.6. The van der Waals surface area contributed by atoms with Gasteiger partial charge in [0, 0.05) is 18.3 Å². The number of ether oxygens (including phenoxy) is 1. The summed E-state index contributed by atoms with van der Waals surface area (Å²) in [5.41, 5.74) is 2.76. The number of amides is 1. The fraction of sp³-hybridized carbons (Fsp3) is 0.364. The van der Waals surface area contributed by atoms with Crippen LogP contribution in [0, 0.1) is 6.92 Å². The number of hydrogen-bond donors (Lipinski definition) is 2. The minimum Gasteiger partial charge on any atom is -0.465 e. The number of carbonyl (C=O) groups is 2. The summed E-state index contributed by atoms with van der Waals surface area (Å²) in [4.78, 5) is 32.7. The molecule has 7 heteroatoms. The summed E-state index contributed by atoms with van der Waals surface area (Å²) in [6.07, 6.45) is 8.22. The normalized spacial score (nSPS) is 13.4. The maximum absolute atomic E-state index is 12.6. The number of methoxy groups -OCH3 is 1. The molecule has 1 amide bonds. The molecular formula is C22H26N4O3. The van der Waals surface area contributed by atoms with Gasteiger partial charge < -0.3 is 15.4 Å². The first kappa shape index (κ1) is 20.5. The van der Waals surface area contributed by atoms with E-state index in [1.54, 1.807) is 37.3 Å². The van der Waals surface area contributed by atoms with Gasteiger partial charge in [0.05, 0.1) is 12.7 Å². The third-order valence-corrected chi connectivity index (χ3v) is 4.77. The van der Waals surface area contributed by atoms with E-state index in [0.29, 0.717) is 22.9 Å². The van der Waals surface area contributed by atoms with E-state index in [0.717, 1.165) is 13.0 Å². The topological polar surface area (TPSA) is 93.2 Å². The number of benzene rings is 1. The van der Waals surface area contributed by atoms with E-state index in [1.807, 2.05) is 0 Å². The predicted molar refractivity (Wildman–Crippen MR) is 112 cm³/mol. The maximum Gasteiger partial charge on any atom is 0.337 e. The third-order valence-electron chi connectivity index (χ3n) is 4.77. The van der Waals surface area contributed by atoms with Crippen molar-refractivity contribution in [2.45, 2.75) is 39.0 Å². The molecule has 0 fully saturated rings. The Morgan fingerprint density at radius 3 is 2.62 bits per heavy atom. The zero-order valence-electron chi connectivity index (χ0n) is 16.8. The third kappa shape index (κ3) is 5.88. The van der Waals surface area contributed by atoms with Gasteiger partial charge in [-0.1, -0.05) is 11.6 Å². The highest BCUT2D eigenvalue weighted by molar-refractivity contribution is 6.03. The Hall–Kier alpha value is -3.22. The van der Waals surface area contributed by atoms with Crippen LogP contribution < -0.4 is 10.6 Å². The number of nitrogens with one attached hydrogen (secondary N) is 2. The molecule has 7 nitrogen and oxygen atoms in total. The van der Waals surface area contributed by atoms with Crippen molar-refractivity contribution in [2.75, 3.05) is 24.3 Å². The number of aromatic nitrogens is 2. The lowest BCUT2D eigenvalue weighted by Gasteiger charge is -2.13.